The van der Waals surface area contributed by atoms with Crippen molar-refractivity contribution in [3.63, 3.8) is 0 Å². The van der Waals surface area contributed by atoms with Gasteiger partial charge in [0.25, 0.3) is 0 Å². The van der Waals surface area contributed by atoms with Crippen molar-refractivity contribution in [2.75, 3.05) is 20.2 Å². The van der Waals surface area contributed by atoms with Crippen LogP contribution in [0.4, 0.5) is 0 Å². The van der Waals surface area contributed by atoms with Gasteiger partial charge in [0.1, 0.15) is 0 Å². The zero-order valence-corrected chi connectivity index (χ0v) is 11.4. The zero-order valence-electron chi connectivity index (χ0n) is 11.4. The first-order valence-electron chi connectivity index (χ1n) is 7.28. The molecule has 0 saturated heterocycles. The van der Waals surface area contributed by atoms with Crippen molar-refractivity contribution in [2.45, 2.75) is 69.5 Å². The Bertz CT molecular complexity index is 242. The van der Waals surface area contributed by atoms with Gasteiger partial charge in [-0.3, -0.25) is 0 Å². The summed E-state index contributed by atoms with van der Waals surface area (Å²) in [6, 6.07) is 1.36. The summed E-state index contributed by atoms with van der Waals surface area (Å²) < 4.78 is 0. The summed E-state index contributed by atoms with van der Waals surface area (Å²) in [7, 11) is 2.24. The molecular weight excluding hydrogens is 212 g/mol. The molecule has 100 valence electrons. The highest BCUT2D eigenvalue weighted by Crippen LogP contribution is 2.35. The first-order chi connectivity index (χ1) is 8.19. The van der Waals surface area contributed by atoms with Gasteiger partial charge in [0, 0.05) is 17.6 Å². The number of aliphatic hydroxyl groups excluding tert-OH is 1. The molecule has 17 heavy (non-hydrogen) atoms. The minimum absolute atomic E-state index is 0.0340. The quantitative estimate of drug-likeness (QED) is 0.712. The predicted molar refractivity (Wildman–Crippen MR) is 71.2 cm³/mol. The van der Waals surface area contributed by atoms with Crippen LogP contribution in [0.25, 0.3) is 0 Å². The second-order valence-corrected chi connectivity index (χ2v) is 6.09. The van der Waals surface area contributed by atoms with Crippen LogP contribution in [-0.2, 0) is 0 Å². The van der Waals surface area contributed by atoms with Crippen LogP contribution >= 0.6 is 0 Å². The van der Waals surface area contributed by atoms with Crippen molar-refractivity contribution in [3.8, 4) is 0 Å². The Hall–Kier alpha value is -0.120. The van der Waals surface area contributed by atoms with Gasteiger partial charge in [-0.1, -0.05) is 13.3 Å². The van der Waals surface area contributed by atoms with Crippen molar-refractivity contribution in [3.05, 3.63) is 0 Å². The third kappa shape index (κ3) is 3.43. The average molecular weight is 240 g/mol. The smallest absolute Gasteiger partial charge is 0.0614 e. The molecule has 0 spiro atoms. The number of nitrogens with one attached hydrogen (secondary N) is 1. The van der Waals surface area contributed by atoms with E-state index in [4.69, 9.17) is 0 Å². The number of hydrogen-bond donors (Lipinski definition) is 2. The van der Waals surface area contributed by atoms with Gasteiger partial charge in [-0.25, -0.2) is 0 Å². The molecule has 2 unspecified atom stereocenters. The van der Waals surface area contributed by atoms with Crippen LogP contribution in [0.15, 0.2) is 0 Å². The molecule has 0 aromatic rings. The van der Waals surface area contributed by atoms with Crippen molar-refractivity contribution in [2.24, 2.45) is 0 Å². The van der Waals surface area contributed by atoms with Crippen molar-refractivity contribution < 1.29 is 5.11 Å². The van der Waals surface area contributed by atoms with Crippen LogP contribution in [-0.4, -0.2) is 47.8 Å². The van der Waals surface area contributed by atoms with Crippen LogP contribution in [0, 0.1) is 0 Å². The van der Waals surface area contributed by atoms with Crippen LogP contribution in [0.3, 0.4) is 0 Å². The molecule has 0 aromatic heterocycles. The van der Waals surface area contributed by atoms with E-state index in [0.717, 1.165) is 12.8 Å². The fraction of sp³-hybridized carbons (Fsp3) is 1.00. The highest BCUT2D eigenvalue weighted by atomic mass is 16.3. The number of aliphatic hydroxyl groups is 1. The van der Waals surface area contributed by atoms with Crippen LogP contribution in [0.5, 0.6) is 0 Å². The molecule has 0 heterocycles. The maximum Gasteiger partial charge on any atom is 0.0614 e. The lowest BCUT2D eigenvalue weighted by atomic mass is 9.98. The van der Waals surface area contributed by atoms with E-state index in [1.54, 1.807) is 0 Å². The lowest BCUT2D eigenvalue weighted by Gasteiger charge is -2.31. The van der Waals surface area contributed by atoms with E-state index < -0.39 is 0 Å². The molecule has 3 heteroatoms. The van der Waals surface area contributed by atoms with E-state index in [-0.39, 0.29) is 5.54 Å². The lowest BCUT2D eigenvalue weighted by Crippen LogP contribution is -2.48. The Morgan fingerprint density at radius 2 is 2.12 bits per heavy atom. The van der Waals surface area contributed by atoms with Crippen LogP contribution in [0.2, 0.25) is 0 Å². The van der Waals surface area contributed by atoms with Gasteiger partial charge in [-0.2, -0.15) is 0 Å². The molecule has 0 aromatic carbocycles. The molecule has 2 aliphatic rings. The molecule has 2 rings (SSSR count). The van der Waals surface area contributed by atoms with E-state index in [0.29, 0.717) is 18.7 Å². The lowest BCUT2D eigenvalue weighted by molar-refractivity contribution is 0.148. The molecule has 0 aliphatic heterocycles. The third-order valence-electron chi connectivity index (χ3n) is 4.46. The molecule has 0 bridgehead atoms. The van der Waals surface area contributed by atoms with E-state index in [1.807, 2.05) is 0 Å². The van der Waals surface area contributed by atoms with Gasteiger partial charge < -0.3 is 15.3 Å². The Kier molecular flexibility index (Phi) is 4.45. The number of nitrogens with zero attached hydrogens (tertiary/aromatic N) is 1. The van der Waals surface area contributed by atoms with Crippen LogP contribution < -0.4 is 5.32 Å². The molecule has 3 nitrogen and oxygen atoms in total. The Labute approximate surface area is 106 Å². The summed E-state index contributed by atoms with van der Waals surface area (Å²) in [5, 5.41) is 13.4. The molecule has 0 amide bonds. The zero-order chi connectivity index (χ0) is 12.3. The monoisotopic (exact) mass is 240 g/mol. The first kappa shape index (κ1) is 13.3. The molecule has 2 atom stereocenters. The van der Waals surface area contributed by atoms with E-state index in [2.05, 4.69) is 24.2 Å². The summed E-state index contributed by atoms with van der Waals surface area (Å²) in [6.07, 6.45) is 8.66. The first-order valence-corrected chi connectivity index (χ1v) is 7.28. The average Bonchev–Trinajstić information content (AvgIpc) is 3.04. The van der Waals surface area contributed by atoms with E-state index in [1.165, 1.54) is 38.6 Å². The summed E-state index contributed by atoms with van der Waals surface area (Å²) in [5.74, 6) is 0. The topological polar surface area (TPSA) is 35.5 Å². The summed E-state index contributed by atoms with van der Waals surface area (Å²) >= 11 is 0. The van der Waals surface area contributed by atoms with Gasteiger partial charge >= 0.3 is 0 Å². The number of hydrogen-bond acceptors (Lipinski definition) is 3. The summed E-state index contributed by atoms with van der Waals surface area (Å²) in [4.78, 5) is 2.50. The fourth-order valence-corrected chi connectivity index (χ4v) is 3.05. The normalized spacial score (nSPS) is 33.5. The van der Waals surface area contributed by atoms with Gasteiger partial charge in [-0.15, -0.1) is 0 Å². The third-order valence-corrected chi connectivity index (χ3v) is 4.46. The van der Waals surface area contributed by atoms with Gasteiger partial charge in [0.15, 0.2) is 0 Å². The standard InChI is InChI=1S/C14H28N2O/c1-3-4-9-16(2)13-7-8-14(10-13,11-17)15-12-5-6-12/h12-13,15,17H,3-11H2,1-2H3. The Morgan fingerprint density at radius 1 is 1.35 bits per heavy atom. The minimum atomic E-state index is 0.0340. The summed E-state index contributed by atoms with van der Waals surface area (Å²) in [5.41, 5.74) is 0.0340. The number of rotatable bonds is 7. The Morgan fingerprint density at radius 3 is 2.71 bits per heavy atom. The van der Waals surface area contributed by atoms with Crippen molar-refractivity contribution in [1.82, 2.24) is 10.2 Å². The van der Waals surface area contributed by atoms with Crippen molar-refractivity contribution >= 4 is 0 Å². The van der Waals surface area contributed by atoms with E-state index in [9.17, 15) is 5.11 Å². The highest BCUT2D eigenvalue weighted by molar-refractivity contribution is 5.02. The summed E-state index contributed by atoms with van der Waals surface area (Å²) in [6.45, 7) is 3.75. The number of unbranched alkanes of at least 4 members (excludes halogenated alkanes) is 1. The van der Waals surface area contributed by atoms with Crippen molar-refractivity contribution in [1.29, 1.82) is 0 Å². The predicted octanol–water partition coefficient (Wildman–Crippen LogP) is 1.75. The maximum absolute atomic E-state index is 9.69. The van der Waals surface area contributed by atoms with Gasteiger partial charge in [-0.05, 0) is 52.1 Å². The largest absolute Gasteiger partial charge is 0.394 e. The second-order valence-electron chi connectivity index (χ2n) is 6.09. The minimum Gasteiger partial charge on any atom is -0.394 e. The molecule has 2 N–H and O–H groups in total. The molecule has 0 radical (unpaired) electrons. The molecule has 2 aliphatic carbocycles. The molecule has 2 fully saturated rings. The van der Waals surface area contributed by atoms with Gasteiger partial charge in [0.2, 0.25) is 0 Å². The second kappa shape index (κ2) is 5.68. The van der Waals surface area contributed by atoms with Crippen LogP contribution in [0.1, 0.15) is 51.9 Å². The molecular formula is C14H28N2O. The molecule has 2 saturated carbocycles. The SMILES string of the molecule is CCCCN(C)C1CCC(CO)(NC2CC2)C1. The highest BCUT2D eigenvalue weighted by Gasteiger charge is 2.42. The fourth-order valence-electron chi connectivity index (χ4n) is 3.05. The van der Waals surface area contributed by atoms with Gasteiger partial charge in [0.05, 0.1) is 6.61 Å². The Balaban J connectivity index is 1.83. The maximum atomic E-state index is 9.69. The van der Waals surface area contributed by atoms with E-state index >= 15 is 0 Å².